The van der Waals surface area contributed by atoms with Crippen LogP contribution in [0.1, 0.15) is 58.1 Å². The van der Waals surface area contributed by atoms with Crippen molar-refractivity contribution in [1.82, 2.24) is 15.1 Å². The van der Waals surface area contributed by atoms with Crippen molar-refractivity contribution >= 4 is 0 Å². The highest BCUT2D eigenvalue weighted by Gasteiger charge is 2.31. The SMILES string of the molecule is CCC1NC(C)CC1c1cnn(C(C)C)c1. The highest BCUT2D eigenvalue weighted by molar-refractivity contribution is 5.17. The molecule has 1 saturated heterocycles. The number of hydrogen-bond acceptors (Lipinski definition) is 2. The summed E-state index contributed by atoms with van der Waals surface area (Å²) in [6, 6.07) is 1.72. The predicted molar refractivity (Wildman–Crippen MR) is 66.6 cm³/mol. The second kappa shape index (κ2) is 4.58. The first-order valence-electron chi connectivity index (χ1n) is 6.42. The molecule has 1 N–H and O–H groups in total. The number of aromatic nitrogens is 2. The molecule has 0 saturated carbocycles. The lowest BCUT2D eigenvalue weighted by Gasteiger charge is -2.16. The van der Waals surface area contributed by atoms with Crippen molar-refractivity contribution in [3.8, 4) is 0 Å². The molecule has 0 aliphatic carbocycles. The Balaban J connectivity index is 2.16. The zero-order valence-electron chi connectivity index (χ0n) is 10.8. The lowest BCUT2D eigenvalue weighted by Crippen LogP contribution is -2.28. The van der Waals surface area contributed by atoms with Gasteiger partial charge in [-0.05, 0) is 39.2 Å². The molecule has 0 bridgehead atoms. The zero-order valence-corrected chi connectivity index (χ0v) is 10.8. The Kier molecular flexibility index (Phi) is 3.33. The van der Waals surface area contributed by atoms with Gasteiger partial charge in [0.2, 0.25) is 0 Å². The minimum atomic E-state index is 0.459. The average Bonchev–Trinajstić information content (AvgIpc) is 2.82. The molecule has 1 aliphatic heterocycles. The highest BCUT2D eigenvalue weighted by Crippen LogP contribution is 2.32. The van der Waals surface area contributed by atoms with Gasteiger partial charge in [-0.1, -0.05) is 6.92 Å². The van der Waals surface area contributed by atoms with Gasteiger partial charge in [-0.25, -0.2) is 0 Å². The summed E-state index contributed by atoms with van der Waals surface area (Å²) in [6.07, 6.45) is 6.70. The van der Waals surface area contributed by atoms with Gasteiger partial charge in [0.25, 0.3) is 0 Å². The fourth-order valence-electron chi connectivity index (χ4n) is 2.69. The van der Waals surface area contributed by atoms with Gasteiger partial charge in [0.1, 0.15) is 0 Å². The van der Waals surface area contributed by atoms with Gasteiger partial charge in [0, 0.05) is 30.2 Å². The molecule has 2 rings (SSSR count). The van der Waals surface area contributed by atoms with Crippen LogP contribution >= 0.6 is 0 Å². The van der Waals surface area contributed by atoms with Gasteiger partial charge < -0.3 is 5.32 Å². The fraction of sp³-hybridized carbons (Fsp3) is 0.769. The summed E-state index contributed by atoms with van der Waals surface area (Å²) in [5.74, 6) is 0.646. The lowest BCUT2D eigenvalue weighted by molar-refractivity contribution is 0.513. The first-order valence-corrected chi connectivity index (χ1v) is 6.42. The fourth-order valence-corrected chi connectivity index (χ4v) is 2.69. The Bertz CT molecular complexity index is 343. The lowest BCUT2D eigenvalue weighted by atomic mass is 9.92. The van der Waals surface area contributed by atoms with E-state index in [2.05, 4.69) is 49.0 Å². The Morgan fingerprint density at radius 2 is 2.31 bits per heavy atom. The molecule has 0 spiro atoms. The van der Waals surface area contributed by atoms with Crippen molar-refractivity contribution in [2.75, 3.05) is 0 Å². The maximum atomic E-state index is 4.44. The van der Waals surface area contributed by atoms with E-state index in [0.717, 1.165) is 0 Å². The second-order valence-electron chi connectivity index (χ2n) is 5.27. The Hall–Kier alpha value is -0.830. The molecular weight excluding hydrogens is 198 g/mol. The van der Waals surface area contributed by atoms with E-state index in [9.17, 15) is 0 Å². The number of rotatable bonds is 3. The quantitative estimate of drug-likeness (QED) is 0.850. The monoisotopic (exact) mass is 221 g/mol. The summed E-state index contributed by atoms with van der Waals surface area (Å²) in [5.41, 5.74) is 1.40. The van der Waals surface area contributed by atoms with E-state index >= 15 is 0 Å². The molecular formula is C13H23N3. The maximum absolute atomic E-state index is 4.44. The average molecular weight is 221 g/mol. The van der Waals surface area contributed by atoms with Gasteiger partial charge in [0.15, 0.2) is 0 Å². The van der Waals surface area contributed by atoms with Gasteiger partial charge in [-0.15, -0.1) is 0 Å². The van der Waals surface area contributed by atoms with E-state index in [1.165, 1.54) is 18.4 Å². The second-order valence-corrected chi connectivity index (χ2v) is 5.27. The maximum Gasteiger partial charge on any atom is 0.0525 e. The van der Waals surface area contributed by atoms with Crippen LogP contribution in [0.25, 0.3) is 0 Å². The number of nitrogens with zero attached hydrogens (tertiary/aromatic N) is 2. The number of hydrogen-bond donors (Lipinski definition) is 1. The third-order valence-corrected chi connectivity index (χ3v) is 3.61. The van der Waals surface area contributed by atoms with Crippen molar-refractivity contribution < 1.29 is 0 Å². The van der Waals surface area contributed by atoms with E-state index < -0.39 is 0 Å². The molecule has 0 amide bonds. The van der Waals surface area contributed by atoms with Crippen molar-refractivity contribution in [3.63, 3.8) is 0 Å². The van der Waals surface area contributed by atoms with E-state index in [4.69, 9.17) is 0 Å². The minimum absolute atomic E-state index is 0.459. The summed E-state index contributed by atoms with van der Waals surface area (Å²) in [6.45, 7) is 8.87. The van der Waals surface area contributed by atoms with Crippen molar-refractivity contribution in [2.45, 2.75) is 64.6 Å². The molecule has 1 aliphatic rings. The molecule has 2 heterocycles. The topological polar surface area (TPSA) is 29.9 Å². The van der Waals surface area contributed by atoms with E-state index in [0.29, 0.717) is 24.0 Å². The standard InChI is InChI=1S/C13H23N3/c1-5-13-12(6-10(4)15-13)11-7-14-16(8-11)9(2)3/h7-10,12-13,15H,5-6H2,1-4H3. The largest absolute Gasteiger partial charge is 0.311 e. The van der Waals surface area contributed by atoms with Gasteiger partial charge in [-0.3, -0.25) is 4.68 Å². The van der Waals surface area contributed by atoms with Crippen LogP contribution < -0.4 is 5.32 Å². The van der Waals surface area contributed by atoms with Gasteiger partial charge in [0.05, 0.1) is 6.20 Å². The molecule has 3 nitrogen and oxygen atoms in total. The predicted octanol–water partition coefficient (Wildman–Crippen LogP) is 2.71. The van der Waals surface area contributed by atoms with Crippen LogP contribution in [0.4, 0.5) is 0 Å². The number of nitrogens with one attached hydrogen (secondary N) is 1. The molecule has 1 aromatic heterocycles. The van der Waals surface area contributed by atoms with Gasteiger partial charge >= 0.3 is 0 Å². The van der Waals surface area contributed by atoms with Crippen LogP contribution in [0.3, 0.4) is 0 Å². The normalized spacial score (nSPS) is 30.2. The molecule has 3 atom stereocenters. The first kappa shape index (κ1) is 11.6. The van der Waals surface area contributed by atoms with E-state index in [-0.39, 0.29) is 0 Å². The van der Waals surface area contributed by atoms with Crippen LogP contribution in [-0.4, -0.2) is 21.9 Å². The molecule has 3 unspecified atom stereocenters. The van der Waals surface area contributed by atoms with Crippen molar-refractivity contribution in [3.05, 3.63) is 18.0 Å². The molecule has 1 aromatic rings. The molecule has 16 heavy (non-hydrogen) atoms. The Labute approximate surface area is 98.2 Å². The van der Waals surface area contributed by atoms with Crippen molar-refractivity contribution in [1.29, 1.82) is 0 Å². The van der Waals surface area contributed by atoms with E-state index in [1.54, 1.807) is 0 Å². The molecule has 1 fully saturated rings. The summed E-state index contributed by atoms with van der Waals surface area (Å²) < 4.78 is 2.06. The van der Waals surface area contributed by atoms with Crippen molar-refractivity contribution in [2.24, 2.45) is 0 Å². The van der Waals surface area contributed by atoms with Crippen LogP contribution in [0.5, 0.6) is 0 Å². The molecule has 3 heteroatoms. The summed E-state index contributed by atoms with van der Waals surface area (Å²) in [7, 11) is 0. The third kappa shape index (κ3) is 2.14. The first-order chi connectivity index (χ1) is 7.61. The minimum Gasteiger partial charge on any atom is -0.311 e. The summed E-state index contributed by atoms with van der Waals surface area (Å²) in [4.78, 5) is 0. The van der Waals surface area contributed by atoms with Crippen LogP contribution in [0.15, 0.2) is 12.4 Å². The van der Waals surface area contributed by atoms with Gasteiger partial charge in [-0.2, -0.15) is 5.10 Å². The molecule has 90 valence electrons. The van der Waals surface area contributed by atoms with Crippen LogP contribution in [0.2, 0.25) is 0 Å². The third-order valence-electron chi connectivity index (χ3n) is 3.61. The Morgan fingerprint density at radius 1 is 1.56 bits per heavy atom. The summed E-state index contributed by atoms with van der Waals surface area (Å²) >= 11 is 0. The molecule has 0 aromatic carbocycles. The van der Waals surface area contributed by atoms with Crippen LogP contribution in [-0.2, 0) is 0 Å². The highest BCUT2D eigenvalue weighted by atomic mass is 15.3. The van der Waals surface area contributed by atoms with E-state index in [1.807, 2.05) is 6.20 Å². The smallest absolute Gasteiger partial charge is 0.0525 e. The molecule has 0 radical (unpaired) electrons. The summed E-state index contributed by atoms with van der Waals surface area (Å²) in [5, 5.41) is 8.10. The van der Waals surface area contributed by atoms with Crippen LogP contribution in [0, 0.1) is 0 Å². The zero-order chi connectivity index (χ0) is 11.7. The Morgan fingerprint density at radius 3 is 2.88 bits per heavy atom.